The molecule has 1 atom stereocenters. The summed E-state index contributed by atoms with van der Waals surface area (Å²) in [6, 6.07) is 18.3. The molecule has 0 radical (unpaired) electrons. The second-order valence-corrected chi connectivity index (χ2v) is 8.67. The lowest BCUT2D eigenvalue weighted by molar-refractivity contribution is 0.0924. The minimum Gasteiger partial charge on any atom is -0.357 e. The fourth-order valence-electron chi connectivity index (χ4n) is 5.69. The van der Waals surface area contributed by atoms with Gasteiger partial charge in [-0.2, -0.15) is 0 Å². The summed E-state index contributed by atoms with van der Waals surface area (Å²) in [4.78, 5) is 15.9. The summed E-state index contributed by atoms with van der Waals surface area (Å²) in [5, 5.41) is 6.73. The van der Waals surface area contributed by atoms with Crippen LogP contribution in [0.4, 0.5) is 11.4 Å². The number of benzene rings is 3. The lowest BCUT2D eigenvalue weighted by Crippen LogP contribution is -2.58. The van der Waals surface area contributed by atoms with Crippen LogP contribution in [0, 0.1) is 5.92 Å². The van der Waals surface area contributed by atoms with Gasteiger partial charge in [0.25, 0.3) is 5.91 Å². The van der Waals surface area contributed by atoms with Crippen LogP contribution in [0.1, 0.15) is 48.0 Å². The second kappa shape index (κ2) is 5.74. The Labute approximate surface area is 169 Å². The SMILES string of the molecule is O=C1c2cccc3cccc(c23)C2(C3CCCCC3)Nc3cc(Cl)ccc3N12. The molecule has 0 aromatic heterocycles. The van der Waals surface area contributed by atoms with Crippen LogP contribution < -0.4 is 10.2 Å². The van der Waals surface area contributed by atoms with Crippen molar-refractivity contribution >= 4 is 39.7 Å². The van der Waals surface area contributed by atoms with E-state index in [2.05, 4.69) is 29.6 Å². The van der Waals surface area contributed by atoms with Crippen molar-refractivity contribution in [2.24, 2.45) is 5.92 Å². The number of fused-ring (bicyclic) bond motifs is 4. The largest absolute Gasteiger partial charge is 0.357 e. The summed E-state index contributed by atoms with van der Waals surface area (Å²) >= 11 is 6.31. The minimum absolute atomic E-state index is 0.0865. The highest BCUT2D eigenvalue weighted by molar-refractivity contribution is 6.31. The lowest BCUT2D eigenvalue weighted by atomic mass is 9.72. The molecule has 4 heteroatoms. The Balaban J connectivity index is 1.70. The van der Waals surface area contributed by atoms with E-state index in [0.29, 0.717) is 10.9 Å². The fraction of sp³-hybridized carbons (Fsp3) is 0.292. The highest BCUT2D eigenvalue weighted by Gasteiger charge is 2.56. The van der Waals surface area contributed by atoms with Gasteiger partial charge in [0.05, 0.1) is 11.4 Å². The van der Waals surface area contributed by atoms with E-state index in [1.165, 1.54) is 24.8 Å². The third kappa shape index (κ3) is 1.98. The third-order valence-corrected chi connectivity index (χ3v) is 7.06. The van der Waals surface area contributed by atoms with Crippen LogP contribution in [-0.2, 0) is 5.66 Å². The molecular weight excluding hydrogens is 368 g/mol. The molecule has 3 aromatic carbocycles. The second-order valence-electron chi connectivity index (χ2n) is 8.24. The number of carbonyl (C=O) groups is 1. The Morgan fingerprint density at radius 2 is 1.79 bits per heavy atom. The van der Waals surface area contributed by atoms with Gasteiger partial charge in [-0.15, -0.1) is 0 Å². The topological polar surface area (TPSA) is 32.3 Å². The number of carbonyl (C=O) groups excluding carboxylic acids is 1. The van der Waals surface area contributed by atoms with Gasteiger partial charge >= 0.3 is 0 Å². The summed E-state index contributed by atoms with van der Waals surface area (Å²) in [6.45, 7) is 0. The standard InChI is InChI=1S/C24H21ClN2O/c25-17-12-13-21-20(14-17)26-24(16-8-2-1-3-9-16)19-11-5-7-15-6-4-10-18(22(15)19)23(28)27(21)24/h4-7,10-14,16,26H,1-3,8-9H2. The molecule has 140 valence electrons. The van der Waals surface area contributed by atoms with Crippen LogP contribution in [-0.4, -0.2) is 5.91 Å². The Bertz CT molecular complexity index is 1130. The van der Waals surface area contributed by atoms with Gasteiger partial charge in [-0.25, -0.2) is 0 Å². The van der Waals surface area contributed by atoms with Crippen LogP contribution >= 0.6 is 11.6 Å². The number of hydrogen-bond acceptors (Lipinski definition) is 2. The van der Waals surface area contributed by atoms with Crippen molar-refractivity contribution in [3.05, 3.63) is 70.7 Å². The predicted octanol–water partition coefficient (Wildman–Crippen LogP) is 6.31. The highest BCUT2D eigenvalue weighted by Crippen LogP contribution is 2.56. The smallest absolute Gasteiger partial charge is 0.261 e. The molecule has 1 fully saturated rings. The molecule has 1 saturated carbocycles. The molecule has 2 heterocycles. The Morgan fingerprint density at radius 1 is 1.00 bits per heavy atom. The van der Waals surface area contributed by atoms with Gasteiger partial charge in [0.1, 0.15) is 5.66 Å². The first-order valence-electron chi connectivity index (χ1n) is 10.1. The average Bonchev–Trinajstić information content (AvgIpc) is 3.08. The molecule has 3 nitrogen and oxygen atoms in total. The molecule has 28 heavy (non-hydrogen) atoms. The van der Waals surface area contributed by atoms with E-state index in [4.69, 9.17) is 11.6 Å². The van der Waals surface area contributed by atoms with Crippen molar-refractivity contribution in [1.82, 2.24) is 0 Å². The maximum atomic E-state index is 13.8. The van der Waals surface area contributed by atoms with Crippen LogP contribution in [0.15, 0.2) is 54.6 Å². The molecule has 1 amide bonds. The summed E-state index contributed by atoms with van der Waals surface area (Å²) in [5.74, 6) is 0.457. The van der Waals surface area contributed by atoms with Crippen LogP contribution in [0.5, 0.6) is 0 Å². The minimum atomic E-state index is -0.529. The number of anilines is 2. The van der Waals surface area contributed by atoms with Gasteiger partial charge in [-0.3, -0.25) is 9.69 Å². The Hall–Kier alpha value is -2.52. The van der Waals surface area contributed by atoms with E-state index in [1.54, 1.807) is 0 Å². The van der Waals surface area contributed by atoms with Crippen molar-refractivity contribution < 1.29 is 4.79 Å². The first-order chi connectivity index (χ1) is 13.7. The zero-order valence-corrected chi connectivity index (χ0v) is 16.3. The molecule has 3 aromatic rings. The normalized spacial score (nSPS) is 23.5. The van der Waals surface area contributed by atoms with Gasteiger partial charge in [-0.05, 0) is 42.5 Å². The predicted molar refractivity (Wildman–Crippen MR) is 114 cm³/mol. The zero-order valence-electron chi connectivity index (χ0n) is 15.5. The molecule has 2 aliphatic heterocycles. The first kappa shape index (κ1) is 16.4. The number of amides is 1. The monoisotopic (exact) mass is 388 g/mol. The highest BCUT2D eigenvalue weighted by atomic mass is 35.5. The number of rotatable bonds is 1. The fourth-order valence-corrected chi connectivity index (χ4v) is 5.87. The number of nitrogens with one attached hydrogen (secondary N) is 1. The maximum absolute atomic E-state index is 13.8. The van der Waals surface area contributed by atoms with Crippen molar-refractivity contribution in [2.75, 3.05) is 10.2 Å². The molecule has 3 aliphatic rings. The molecule has 1 aliphatic carbocycles. The number of nitrogens with zero attached hydrogens (tertiary/aromatic N) is 1. The zero-order chi connectivity index (χ0) is 18.9. The maximum Gasteiger partial charge on any atom is 0.261 e. The van der Waals surface area contributed by atoms with E-state index >= 15 is 0 Å². The van der Waals surface area contributed by atoms with Gasteiger partial charge in [0.2, 0.25) is 0 Å². The van der Waals surface area contributed by atoms with Gasteiger partial charge < -0.3 is 5.32 Å². The van der Waals surface area contributed by atoms with E-state index < -0.39 is 5.66 Å². The van der Waals surface area contributed by atoms with E-state index in [9.17, 15) is 4.79 Å². The third-order valence-electron chi connectivity index (χ3n) is 6.82. The van der Waals surface area contributed by atoms with E-state index in [0.717, 1.165) is 40.6 Å². The molecule has 0 bridgehead atoms. The molecule has 6 rings (SSSR count). The van der Waals surface area contributed by atoms with Crippen molar-refractivity contribution in [2.45, 2.75) is 37.8 Å². The Kier molecular flexibility index (Phi) is 3.37. The van der Waals surface area contributed by atoms with Crippen LogP contribution in [0.3, 0.4) is 0 Å². The van der Waals surface area contributed by atoms with Crippen molar-refractivity contribution in [3.8, 4) is 0 Å². The molecule has 1 unspecified atom stereocenters. The Morgan fingerprint density at radius 3 is 2.61 bits per heavy atom. The van der Waals surface area contributed by atoms with E-state index in [-0.39, 0.29) is 5.91 Å². The lowest BCUT2D eigenvalue weighted by Gasteiger charge is -2.49. The number of hydrogen-bond donors (Lipinski definition) is 1. The average molecular weight is 389 g/mol. The summed E-state index contributed by atoms with van der Waals surface area (Å²) in [5.41, 5.74) is 3.38. The van der Waals surface area contributed by atoms with Crippen LogP contribution in [0.25, 0.3) is 10.8 Å². The molecule has 0 spiro atoms. The summed E-state index contributed by atoms with van der Waals surface area (Å²) in [7, 11) is 0. The van der Waals surface area contributed by atoms with Gasteiger partial charge in [-0.1, -0.05) is 61.2 Å². The molecule has 1 N–H and O–H groups in total. The number of halogens is 1. The first-order valence-corrected chi connectivity index (χ1v) is 10.5. The molecule has 0 saturated heterocycles. The van der Waals surface area contributed by atoms with Gasteiger partial charge in [0, 0.05) is 27.5 Å². The van der Waals surface area contributed by atoms with Crippen molar-refractivity contribution in [3.63, 3.8) is 0 Å². The summed E-state index contributed by atoms with van der Waals surface area (Å²) in [6.07, 6.45) is 5.95. The van der Waals surface area contributed by atoms with Crippen LogP contribution in [0.2, 0.25) is 5.02 Å². The molecular formula is C24H21ClN2O. The van der Waals surface area contributed by atoms with E-state index in [1.807, 2.05) is 35.2 Å². The quantitative estimate of drug-likeness (QED) is 0.529. The summed E-state index contributed by atoms with van der Waals surface area (Å²) < 4.78 is 0. The van der Waals surface area contributed by atoms with Gasteiger partial charge in [0.15, 0.2) is 0 Å². The van der Waals surface area contributed by atoms with Crippen molar-refractivity contribution in [1.29, 1.82) is 0 Å².